The van der Waals surface area contributed by atoms with E-state index in [4.69, 9.17) is 33.7 Å². The molecule has 3 N–H and O–H groups in total. The summed E-state index contributed by atoms with van der Waals surface area (Å²) in [4.78, 5) is 12.0. The molecule has 7 heteroatoms. The quantitative estimate of drug-likeness (QED) is 0.547. The van der Waals surface area contributed by atoms with Crippen LogP contribution in [0.25, 0.3) is 0 Å². The monoisotopic (exact) mass is 410 g/mol. The molecule has 0 spiro atoms. The van der Waals surface area contributed by atoms with E-state index in [2.05, 4.69) is 5.32 Å². The standard InChI is InChI=1S/C20H21Cl2FN2O2/c1-12(7-15(24)10-14-3-2-4-16(21)20(14)22)11-25-19(27)9-13-5-6-18(26)17(23)8-13/h2-6,8,12,24,26H,7,9-11H2,1H3,(H,25,27)/t12-/m0/s1. The van der Waals surface area contributed by atoms with E-state index < -0.39 is 11.6 Å². The van der Waals surface area contributed by atoms with Gasteiger partial charge in [-0.1, -0.05) is 48.3 Å². The highest BCUT2D eigenvalue weighted by Crippen LogP contribution is 2.26. The van der Waals surface area contributed by atoms with Crippen molar-refractivity contribution < 1.29 is 14.3 Å². The third-order valence-electron chi connectivity index (χ3n) is 4.05. The van der Waals surface area contributed by atoms with Crippen LogP contribution in [0.2, 0.25) is 10.0 Å². The van der Waals surface area contributed by atoms with E-state index in [1.165, 1.54) is 12.1 Å². The molecule has 1 amide bonds. The lowest BCUT2D eigenvalue weighted by Gasteiger charge is -2.14. The molecule has 0 aliphatic heterocycles. The molecule has 1 atom stereocenters. The number of carbonyl (C=O) groups excluding carboxylic acids is 1. The molecule has 0 aromatic heterocycles. The minimum atomic E-state index is -0.748. The molecule has 144 valence electrons. The summed E-state index contributed by atoms with van der Waals surface area (Å²) in [6.07, 6.45) is 0.945. The molecule has 2 aromatic carbocycles. The Hall–Kier alpha value is -2.11. The summed E-state index contributed by atoms with van der Waals surface area (Å²) in [6, 6.07) is 9.21. The fourth-order valence-electron chi connectivity index (χ4n) is 2.68. The van der Waals surface area contributed by atoms with Crippen LogP contribution in [-0.2, 0) is 17.6 Å². The molecule has 2 aromatic rings. The summed E-state index contributed by atoms with van der Waals surface area (Å²) < 4.78 is 13.3. The number of amides is 1. The highest BCUT2D eigenvalue weighted by Gasteiger charge is 2.12. The topological polar surface area (TPSA) is 73.2 Å². The van der Waals surface area contributed by atoms with Crippen molar-refractivity contribution in [2.24, 2.45) is 5.92 Å². The van der Waals surface area contributed by atoms with Crippen LogP contribution in [0.5, 0.6) is 5.75 Å². The van der Waals surface area contributed by atoms with E-state index in [-0.39, 0.29) is 18.2 Å². The second kappa shape index (κ2) is 9.72. The second-order valence-electron chi connectivity index (χ2n) is 6.57. The van der Waals surface area contributed by atoms with Crippen LogP contribution >= 0.6 is 23.2 Å². The first-order chi connectivity index (χ1) is 12.8. The number of nitrogens with one attached hydrogen (secondary N) is 2. The molecule has 0 bridgehead atoms. The maximum Gasteiger partial charge on any atom is 0.224 e. The Labute approximate surface area is 167 Å². The predicted octanol–water partition coefficient (Wildman–Crippen LogP) is 4.79. The van der Waals surface area contributed by atoms with Crippen molar-refractivity contribution in [3.8, 4) is 5.75 Å². The van der Waals surface area contributed by atoms with Gasteiger partial charge >= 0.3 is 0 Å². The molecule has 0 fully saturated rings. The number of phenols is 1. The summed E-state index contributed by atoms with van der Waals surface area (Å²) in [5.41, 5.74) is 1.79. The molecule has 0 saturated heterocycles. The lowest BCUT2D eigenvalue weighted by Crippen LogP contribution is -2.30. The van der Waals surface area contributed by atoms with Crippen LogP contribution in [0.15, 0.2) is 36.4 Å². The summed E-state index contributed by atoms with van der Waals surface area (Å²) in [6.45, 7) is 2.35. The number of phenolic OH excluding ortho intramolecular Hbond substituents is 1. The average molecular weight is 411 g/mol. The van der Waals surface area contributed by atoms with Gasteiger partial charge in [0, 0.05) is 18.7 Å². The smallest absolute Gasteiger partial charge is 0.224 e. The van der Waals surface area contributed by atoms with Crippen molar-refractivity contribution in [1.29, 1.82) is 5.41 Å². The SMILES string of the molecule is C[C@H](CNC(=O)Cc1ccc(O)c(F)c1)CC(=N)Cc1cccc(Cl)c1Cl. The number of halogens is 3. The van der Waals surface area contributed by atoms with Crippen LogP contribution in [-0.4, -0.2) is 23.3 Å². The Kier molecular flexibility index (Phi) is 7.63. The summed E-state index contributed by atoms with van der Waals surface area (Å²) in [5, 5.41) is 21.0. The third kappa shape index (κ3) is 6.52. The molecule has 0 aliphatic carbocycles. The molecular weight excluding hydrogens is 390 g/mol. The van der Waals surface area contributed by atoms with Crippen LogP contribution in [0.4, 0.5) is 4.39 Å². The molecule has 0 radical (unpaired) electrons. The van der Waals surface area contributed by atoms with Gasteiger partial charge in [0.2, 0.25) is 5.91 Å². The highest BCUT2D eigenvalue weighted by molar-refractivity contribution is 6.42. The number of hydrogen-bond acceptors (Lipinski definition) is 3. The summed E-state index contributed by atoms with van der Waals surface area (Å²) in [7, 11) is 0. The van der Waals surface area contributed by atoms with Crippen molar-refractivity contribution >= 4 is 34.8 Å². The number of rotatable bonds is 8. The zero-order valence-electron chi connectivity index (χ0n) is 14.9. The van der Waals surface area contributed by atoms with Gasteiger partial charge < -0.3 is 15.8 Å². The average Bonchev–Trinajstić information content (AvgIpc) is 2.60. The Morgan fingerprint density at radius 3 is 2.70 bits per heavy atom. The first-order valence-electron chi connectivity index (χ1n) is 8.49. The minimum absolute atomic E-state index is 0.0273. The van der Waals surface area contributed by atoms with Gasteiger partial charge in [0.05, 0.1) is 16.5 Å². The van der Waals surface area contributed by atoms with E-state index in [1.807, 2.05) is 13.0 Å². The molecule has 0 saturated carbocycles. The van der Waals surface area contributed by atoms with Crippen LogP contribution in [0, 0.1) is 17.1 Å². The molecular formula is C20H21Cl2FN2O2. The fourth-order valence-corrected chi connectivity index (χ4v) is 3.06. The Bertz CT molecular complexity index is 843. The maximum absolute atomic E-state index is 13.3. The van der Waals surface area contributed by atoms with Gasteiger partial charge in [-0.05, 0) is 41.7 Å². The van der Waals surface area contributed by atoms with Gasteiger partial charge in [-0.25, -0.2) is 4.39 Å². The van der Waals surface area contributed by atoms with Crippen molar-refractivity contribution in [3.05, 3.63) is 63.4 Å². The van der Waals surface area contributed by atoms with Crippen LogP contribution < -0.4 is 5.32 Å². The number of carbonyl (C=O) groups is 1. The Morgan fingerprint density at radius 2 is 2.00 bits per heavy atom. The molecule has 4 nitrogen and oxygen atoms in total. The second-order valence-corrected chi connectivity index (χ2v) is 7.35. The molecule has 27 heavy (non-hydrogen) atoms. The lowest BCUT2D eigenvalue weighted by atomic mass is 9.99. The van der Waals surface area contributed by atoms with Gasteiger partial charge in [-0.15, -0.1) is 0 Å². The van der Waals surface area contributed by atoms with Crippen LogP contribution in [0.3, 0.4) is 0 Å². The van der Waals surface area contributed by atoms with E-state index in [9.17, 15) is 9.18 Å². The van der Waals surface area contributed by atoms with Gasteiger partial charge in [0.25, 0.3) is 0 Å². The summed E-state index contributed by atoms with van der Waals surface area (Å²) in [5.74, 6) is -1.36. The third-order valence-corrected chi connectivity index (χ3v) is 4.91. The normalized spacial score (nSPS) is 11.9. The van der Waals surface area contributed by atoms with E-state index in [0.29, 0.717) is 40.7 Å². The zero-order valence-corrected chi connectivity index (χ0v) is 16.4. The number of benzene rings is 2. The predicted molar refractivity (Wildman–Crippen MR) is 106 cm³/mol. The lowest BCUT2D eigenvalue weighted by molar-refractivity contribution is -0.120. The Morgan fingerprint density at radius 1 is 1.26 bits per heavy atom. The highest BCUT2D eigenvalue weighted by atomic mass is 35.5. The minimum Gasteiger partial charge on any atom is -0.505 e. The molecule has 0 heterocycles. The van der Waals surface area contributed by atoms with Gasteiger partial charge in [-0.2, -0.15) is 0 Å². The Balaban J connectivity index is 1.78. The molecule has 0 unspecified atom stereocenters. The van der Waals surface area contributed by atoms with E-state index in [0.717, 1.165) is 11.6 Å². The fraction of sp³-hybridized carbons (Fsp3) is 0.300. The maximum atomic E-state index is 13.3. The van der Waals surface area contributed by atoms with E-state index in [1.54, 1.807) is 12.1 Å². The van der Waals surface area contributed by atoms with Gasteiger partial charge in [-0.3, -0.25) is 4.79 Å². The van der Waals surface area contributed by atoms with Crippen molar-refractivity contribution in [3.63, 3.8) is 0 Å². The molecule has 2 rings (SSSR count). The van der Waals surface area contributed by atoms with Crippen LogP contribution in [0.1, 0.15) is 24.5 Å². The summed E-state index contributed by atoms with van der Waals surface area (Å²) >= 11 is 12.1. The number of hydrogen-bond donors (Lipinski definition) is 3. The first kappa shape index (κ1) is 21.2. The zero-order chi connectivity index (χ0) is 20.0. The van der Waals surface area contributed by atoms with Crippen molar-refractivity contribution in [2.45, 2.75) is 26.2 Å². The van der Waals surface area contributed by atoms with Gasteiger partial charge in [0.15, 0.2) is 11.6 Å². The van der Waals surface area contributed by atoms with Gasteiger partial charge in [0.1, 0.15) is 0 Å². The van der Waals surface area contributed by atoms with Crippen molar-refractivity contribution in [2.75, 3.05) is 6.54 Å². The van der Waals surface area contributed by atoms with E-state index >= 15 is 0 Å². The largest absolute Gasteiger partial charge is 0.505 e. The first-order valence-corrected chi connectivity index (χ1v) is 9.25. The molecule has 0 aliphatic rings. The van der Waals surface area contributed by atoms with Crippen molar-refractivity contribution in [1.82, 2.24) is 5.32 Å². The number of aromatic hydroxyl groups is 1.